The lowest BCUT2D eigenvalue weighted by Crippen LogP contribution is -2.32. The summed E-state index contributed by atoms with van der Waals surface area (Å²) in [4.78, 5) is 11.6. The van der Waals surface area contributed by atoms with E-state index in [9.17, 15) is 4.79 Å². The van der Waals surface area contributed by atoms with Crippen molar-refractivity contribution in [3.05, 3.63) is 23.8 Å². The zero-order valence-electron chi connectivity index (χ0n) is 13.6. The van der Waals surface area contributed by atoms with Gasteiger partial charge in [-0.25, -0.2) is 10.2 Å². The van der Waals surface area contributed by atoms with Gasteiger partial charge in [0.05, 0.1) is 18.9 Å². The lowest BCUT2D eigenvalue weighted by Gasteiger charge is -2.23. The normalized spacial score (nSPS) is 15.5. The molecule has 22 heavy (non-hydrogen) atoms. The molecule has 1 amide bonds. The van der Waals surface area contributed by atoms with E-state index >= 15 is 0 Å². The Bertz CT molecular complexity index is 497. The number of methoxy groups -OCH3 is 1. The Morgan fingerprint density at radius 2 is 1.95 bits per heavy atom. The van der Waals surface area contributed by atoms with Crippen LogP contribution in [0.25, 0.3) is 0 Å². The number of benzene rings is 1. The van der Waals surface area contributed by atoms with Crippen LogP contribution >= 0.6 is 0 Å². The van der Waals surface area contributed by atoms with Gasteiger partial charge in [0.25, 0.3) is 0 Å². The van der Waals surface area contributed by atoms with E-state index in [1.165, 1.54) is 37.7 Å². The predicted molar refractivity (Wildman–Crippen MR) is 87.2 cm³/mol. The van der Waals surface area contributed by atoms with Gasteiger partial charge in [-0.3, -0.25) is 5.43 Å². The SMILES string of the molecule is COc1ccc(C2CCCCC2)cc1NNC(=O)OC(C)C. The molecule has 2 rings (SSSR count). The van der Waals surface area contributed by atoms with E-state index in [-0.39, 0.29) is 6.10 Å². The monoisotopic (exact) mass is 306 g/mol. The van der Waals surface area contributed by atoms with E-state index in [0.29, 0.717) is 11.7 Å². The zero-order chi connectivity index (χ0) is 15.9. The van der Waals surface area contributed by atoms with Crippen molar-refractivity contribution in [2.45, 2.75) is 58.0 Å². The molecule has 0 spiro atoms. The molecule has 1 aromatic rings. The Balaban J connectivity index is 2.05. The van der Waals surface area contributed by atoms with E-state index in [1.807, 2.05) is 19.9 Å². The number of rotatable bonds is 5. The Morgan fingerprint density at radius 3 is 2.59 bits per heavy atom. The Labute approximate surface area is 132 Å². The maximum Gasteiger partial charge on any atom is 0.426 e. The van der Waals surface area contributed by atoms with Crippen LogP contribution in [0.3, 0.4) is 0 Å². The number of carbonyl (C=O) groups is 1. The third-order valence-electron chi connectivity index (χ3n) is 3.94. The molecular weight excluding hydrogens is 280 g/mol. The van der Waals surface area contributed by atoms with Crippen molar-refractivity contribution in [2.24, 2.45) is 0 Å². The minimum Gasteiger partial charge on any atom is -0.495 e. The summed E-state index contributed by atoms with van der Waals surface area (Å²) < 4.78 is 10.4. The van der Waals surface area contributed by atoms with Gasteiger partial charge in [0.2, 0.25) is 0 Å². The summed E-state index contributed by atoms with van der Waals surface area (Å²) in [5.41, 5.74) is 7.49. The van der Waals surface area contributed by atoms with Crippen molar-refractivity contribution in [1.29, 1.82) is 0 Å². The average molecular weight is 306 g/mol. The molecule has 1 aliphatic carbocycles. The van der Waals surface area contributed by atoms with E-state index in [1.54, 1.807) is 7.11 Å². The molecule has 5 nitrogen and oxygen atoms in total. The topological polar surface area (TPSA) is 59.6 Å². The highest BCUT2D eigenvalue weighted by Crippen LogP contribution is 2.36. The molecule has 1 saturated carbocycles. The fraction of sp³-hybridized carbons (Fsp3) is 0.588. The molecular formula is C17H26N2O3. The molecule has 0 radical (unpaired) electrons. The number of hydrogen-bond donors (Lipinski definition) is 2. The summed E-state index contributed by atoms with van der Waals surface area (Å²) in [5.74, 6) is 1.30. The van der Waals surface area contributed by atoms with Crippen molar-refractivity contribution in [1.82, 2.24) is 5.43 Å². The number of ether oxygens (including phenoxy) is 2. The van der Waals surface area contributed by atoms with Crippen LogP contribution < -0.4 is 15.6 Å². The number of nitrogens with one attached hydrogen (secondary N) is 2. The highest BCUT2D eigenvalue weighted by atomic mass is 16.6. The highest BCUT2D eigenvalue weighted by molar-refractivity contribution is 5.71. The molecule has 0 bridgehead atoms. The highest BCUT2D eigenvalue weighted by Gasteiger charge is 2.17. The molecule has 0 aromatic heterocycles. The molecule has 1 fully saturated rings. The lowest BCUT2D eigenvalue weighted by molar-refractivity contribution is 0.117. The first kappa shape index (κ1) is 16.5. The fourth-order valence-electron chi connectivity index (χ4n) is 2.88. The summed E-state index contributed by atoms with van der Waals surface area (Å²) >= 11 is 0. The Kier molecular flexibility index (Phi) is 5.92. The zero-order valence-corrected chi connectivity index (χ0v) is 13.6. The van der Waals surface area contributed by atoms with Crippen LogP contribution in [0, 0.1) is 0 Å². The quantitative estimate of drug-likeness (QED) is 0.800. The van der Waals surface area contributed by atoms with E-state index in [4.69, 9.17) is 9.47 Å². The minimum absolute atomic E-state index is 0.155. The number of carbonyl (C=O) groups excluding carboxylic acids is 1. The van der Waals surface area contributed by atoms with Gasteiger partial charge < -0.3 is 9.47 Å². The van der Waals surface area contributed by atoms with Gasteiger partial charge in [0.15, 0.2) is 0 Å². The molecule has 122 valence electrons. The third kappa shape index (κ3) is 4.55. The van der Waals surface area contributed by atoms with Crippen LogP contribution in [-0.4, -0.2) is 19.3 Å². The lowest BCUT2D eigenvalue weighted by atomic mass is 9.84. The molecule has 0 saturated heterocycles. The first-order valence-corrected chi connectivity index (χ1v) is 8.00. The predicted octanol–water partition coefficient (Wildman–Crippen LogP) is 4.20. The summed E-state index contributed by atoms with van der Waals surface area (Å²) in [5, 5.41) is 0. The maximum absolute atomic E-state index is 11.6. The van der Waals surface area contributed by atoms with Crippen molar-refractivity contribution in [3.63, 3.8) is 0 Å². The number of amides is 1. The van der Waals surface area contributed by atoms with Gasteiger partial charge in [0.1, 0.15) is 5.75 Å². The largest absolute Gasteiger partial charge is 0.495 e. The van der Waals surface area contributed by atoms with Crippen LogP contribution in [0.2, 0.25) is 0 Å². The number of anilines is 1. The van der Waals surface area contributed by atoms with Gasteiger partial charge in [-0.2, -0.15) is 0 Å². The van der Waals surface area contributed by atoms with Crippen LogP contribution in [0.4, 0.5) is 10.5 Å². The average Bonchev–Trinajstić information content (AvgIpc) is 2.53. The molecule has 0 heterocycles. The van der Waals surface area contributed by atoms with Crippen LogP contribution in [0.5, 0.6) is 5.75 Å². The fourth-order valence-corrected chi connectivity index (χ4v) is 2.88. The summed E-state index contributed by atoms with van der Waals surface area (Å²) in [6, 6.07) is 6.12. The van der Waals surface area contributed by atoms with Crippen LogP contribution in [0.1, 0.15) is 57.4 Å². The van der Waals surface area contributed by atoms with Crippen molar-refractivity contribution in [3.8, 4) is 5.75 Å². The van der Waals surface area contributed by atoms with E-state index < -0.39 is 6.09 Å². The van der Waals surface area contributed by atoms with Crippen LogP contribution in [-0.2, 0) is 4.74 Å². The second kappa shape index (κ2) is 7.92. The van der Waals surface area contributed by atoms with Crippen molar-refractivity contribution < 1.29 is 14.3 Å². The molecule has 0 atom stereocenters. The van der Waals surface area contributed by atoms with Gasteiger partial charge >= 0.3 is 6.09 Å². The second-order valence-corrected chi connectivity index (χ2v) is 6.00. The van der Waals surface area contributed by atoms with E-state index in [0.717, 1.165) is 5.69 Å². The summed E-state index contributed by atoms with van der Waals surface area (Å²) in [6.45, 7) is 3.62. The van der Waals surface area contributed by atoms with Gasteiger partial charge in [-0.05, 0) is 50.3 Å². The summed E-state index contributed by atoms with van der Waals surface area (Å²) in [7, 11) is 1.62. The Hall–Kier alpha value is -1.91. The summed E-state index contributed by atoms with van der Waals surface area (Å²) in [6.07, 6.45) is 5.72. The molecule has 1 aromatic carbocycles. The van der Waals surface area contributed by atoms with Gasteiger partial charge in [-0.1, -0.05) is 25.3 Å². The first-order valence-electron chi connectivity index (χ1n) is 8.00. The molecule has 0 unspecified atom stereocenters. The molecule has 2 N–H and O–H groups in total. The first-order chi connectivity index (χ1) is 10.6. The van der Waals surface area contributed by atoms with E-state index in [2.05, 4.69) is 23.0 Å². The maximum atomic E-state index is 11.6. The standard InChI is InChI=1S/C17H26N2O3/c1-12(2)22-17(20)19-18-15-11-14(9-10-16(15)21-3)13-7-5-4-6-8-13/h9-13,18H,4-8H2,1-3H3,(H,19,20). The molecule has 0 aliphatic heterocycles. The number of hydrogen-bond acceptors (Lipinski definition) is 4. The second-order valence-electron chi connectivity index (χ2n) is 6.00. The van der Waals surface area contributed by atoms with Crippen molar-refractivity contribution in [2.75, 3.05) is 12.5 Å². The third-order valence-corrected chi connectivity index (χ3v) is 3.94. The van der Waals surface area contributed by atoms with Gasteiger partial charge in [-0.15, -0.1) is 0 Å². The van der Waals surface area contributed by atoms with Gasteiger partial charge in [0, 0.05) is 0 Å². The van der Waals surface area contributed by atoms with Crippen molar-refractivity contribution >= 4 is 11.8 Å². The Morgan fingerprint density at radius 1 is 1.23 bits per heavy atom. The van der Waals surface area contributed by atoms with Crippen LogP contribution in [0.15, 0.2) is 18.2 Å². The minimum atomic E-state index is -0.500. The molecule has 5 heteroatoms. The smallest absolute Gasteiger partial charge is 0.426 e. The molecule has 1 aliphatic rings. The number of hydrazine groups is 1.